The highest BCUT2D eigenvalue weighted by molar-refractivity contribution is 5.82. The maximum absolute atomic E-state index is 8.91. The molecule has 108 valence electrons. The first-order valence-corrected chi connectivity index (χ1v) is 7.40. The molecule has 2 nitrogen and oxygen atoms in total. The Labute approximate surface area is 121 Å². The highest BCUT2D eigenvalue weighted by Crippen LogP contribution is 2.21. The molecule has 20 heavy (non-hydrogen) atoms. The minimum absolute atomic E-state index is 0.236. The third-order valence-electron chi connectivity index (χ3n) is 3.76. The van der Waals surface area contributed by atoms with Crippen molar-refractivity contribution in [1.82, 2.24) is 5.32 Å². The van der Waals surface area contributed by atoms with Crippen LogP contribution in [0.4, 0.5) is 0 Å². The number of hydrogen-bond donors (Lipinski definition) is 2. The Hall–Kier alpha value is -1.38. The van der Waals surface area contributed by atoms with Gasteiger partial charge in [-0.3, -0.25) is 0 Å². The van der Waals surface area contributed by atoms with Gasteiger partial charge in [0.1, 0.15) is 0 Å². The van der Waals surface area contributed by atoms with Gasteiger partial charge in [-0.25, -0.2) is 0 Å². The van der Waals surface area contributed by atoms with Gasteiger partial charge in [-0.15, -0.1) is 0 Å². The van der Waals surface area contributed by atoms with Crippen LogP contribution < -0.4 is 5.32 Å². The first kappa shape index (κ1) is 15.0. The summed E-state index contributed by atoms with van der Waals surface area (Å²) in [4.78, 5) is 0. The largest absolute Gasteiger partial charge is 0.396 e. The van der Waals surface area contributed by atoms with Crippen LogP contribution in [0.25, 0.3) is 10.8 Å². The van der Waals surface area contributed by atoms with Crippen LogP contribution >= 0.6 is 0 Å². The number of hydrogen-bond acceptors (Lipinski definition) is 2. The van der Waals surface area contributed by atoms with E-state index in [0.29, 0.717) is 0 Å². The van der Waals surface area contributed by atoms with E-state index in [1.165, 1.54) is 16.3 Å². The van der Waals surface area contributed by atoms with Crippen molar-refractivity contribution < 1.29 is 5.11 Å². The van der Waals surface area contributed by atoms with Crippen LogP contribution in [0.1, 0.15) is 32.3 Å². The molecule has 0 fully saturated rings. The second-order valence-electron chi connectivity index (χ2n) is 6.28. The number of aliphatic hydroxyl groups is 1. The quantitative estimate of drug-likeness (QED) is 0.804. The van der Waals surface area contributed by atoms with Gasteiger partial charge in [-0.1, -0.05) is 50.2 Å². The Morgan fingerprint density at radius 3 is 2.55 bits per heavy atom. The van der Waals surface area contributed by atoms with Crippen LogP contribution in [0, 0.1) is 5.41 Å². The first-order valence-electron chi connectivity index (χ1n) is 7.40. The molecule has 2 aromatic rings. The Kier molecular flexibility index (Phi) is 5.16. The summed E-state index contributed by atoms with van der Waals surface area (Å²) in [5, 5.41) is 15.0. The predicted molar refractivity (Wildman–Crippen MR) is 85.8 cm³/mol. The number of aliphatic hydroxyl groups excluding tert-OH is 1. The van der Waals surface area contributed by atoms with E-state index in [1.807, 2.05) is 0 Å². The SMILES string of the molecule is CC(C)(CCCO)CNCc1ccc2ccccc2c1. The standard InChI is InChI=1S/C18H25NO/c1-18(2,10-5-11-20)14-19-13-15-8-9-16-6-3-4-7-17(16)12-15/h3-4,6-9,12,19-20H,5,10-11,13-14H2,1-2H3. The number of rotatable bonds is 7. The van der Waals surface area contributed by atoms with E-state index < -0.39 is 0 Å². The van der Waals surface area contributed by atoms with Gasteiger partial charge >= 0.3 is 0 Å². The van der Waals surface area contributed by atoms with Gasteiger partial charge in [-0.2, -0.15) is 0 Å². The number of fused-ring (bicyclic) bond motifs is 1. The van der Waals surface area contributed by atoms with Crippen LogP contribution in [0.3, 0.4) is 0 Å². The average Bonchev–Trinajstić information content (AvgIpc) is 2.45. The number of nitrogens with one attached hydrogen (secondary N) is 1. The Bertz CT molecular complexity index is 548. The van der Waals surface area contributed by atoms with Crippen molar-refractivity contribution in [2.45, 2.75) is 33.2 Å². The van der Waals surface area contributed by atoms with E-state index in [9.17, 15) is 0 Å². The van der Waals surface area contributed by atoms with Crippen LogP contribution in [-0.4, -0.2) is 18.3 Å². The van der Waals surface area contributed by atoms with Crippen molar-refractivity contribution in [3.05, 3.63) is 48.0 Å². The molecule has 0 saturated carbocycles. The van der Waals surface area contributed by atoms with Gasteiger partial charge in [0.05, 0.1) is 0 Å². The lowest BCUT2D eigenvalue weighted by Crippen LogP contribution is -2.29. The molecule has 0 aliphatic carbocycles. The van der Waals surface area contributed by atoms with E-state index in [0.717, 1.165) is 25.9 Å². The van der Waals surface area contributed by atoms with Crippen LogP contribution in [0.15, 0.2) is 42.5 Å². The maximum Gasteiger partial charge on any atom is 0.0431 e. The molecule has 0 unspecified atom stereocenters. The highest BCUT2D eigenvalue weighted by atomic mass is 16.2. The van der Waals surface area contributed by atoms with E-state index in [-0.39, 0.29) is 12.0 Å². The zero-order chi connectivity index (χ0) is 14.4. The van der Waals surface area contributed by atoms with E-state index >= 15 is 0 Å². The van der Waals surface area contributed by atoms with Gasteiger partial charge in [0, 0.05) is 19.7 Å². The second-order valence-corrected chi connectivity index (χ2v) is 6.28. The van der Waals surface area contributed by atoms with Crippen LogP contribution in [0.5, 0.6) is 0 Å². The van der Waals surface area contributed by atoms with E-state index in [2.05, 4.69) is 61.6 Å². The molecule has 0 aromatic heterocycles. The molecule has 0 saturated heterocycles. The molecule has 0 bridgehead atoms. The zero-order valence-corrected chi connectivity index (χ0v) is 12.5. The number of benzene rings is 2. The lowest BCUT2D eigenvalue weighted by molar-refractivity contribution is 0.236. The van der Waals surface area contributed by atoms with Crippen molar-refractivity contribution in [2.24, 2.45) is 5.41 Å². The summed E-state index contributed by atoms with van der Waals surface area (Å²) in [7, 11) is 0. The molecule has 0 radical (unpaired) electrons. The van der Waals surface area contributed by atoms with Gasteiger partial charge in [0.25, 0.3) is 0 Å². The van der Waals surface area contributed by atoms with Gasteiger partial charge in [0.15, 0.2) is 0 Å². The smallest absolute Gasteiger partial charge is 0.0431 e. The molecule has 0 aliphatic heterocycles. The zero-order valence-electron chi connectivity index (χ0n) is 12.5. The maximum atomic E-state index is 8.91. The van der Waals surface area contributed by atoms with Crippen molar-refractivity contribution in [3.63, 3.8) is 0 Å². The molecule has 2 rings (SSSR count). The summed E-state index contributed by atoms with van der Waals surface area (Å²) in [6, 6.07) is 15.1. The predicted octanol–water partition coefficient (Wildman–Crippen LogP) is 3.73. The summed E-state index contributed by atoms with van der Waals surface area (Å²) in [5.41, 5.74) is 1.56. The summed E-state index contributed by atoms with van der Waals surface area (Å²) in [5.74, 6) is 0. The molecule has 0 atom stereocenters. The van der Waals surface area contributed by atoms with Crippen molar-refractivity contribution in [3.8, 4) is 0 Å². The normalized spacial score (nSPS) is 11.9. The second kappa shape index (κ2) is 6.87. The monoisotopic (exact) mass is 271 g/mol. The lowest BCUT2D eigenvalue weighted by Gasteiger charge is -2.24. The van der Waals surface area contributed by atoms with Crippen LogP contribution in [0.2, 0.25) is 0 Å². The topological polar surface area (TPSA) is 32.3 Å². The van der Waals surface area contributed by atoms with Gasteiger partial charge in [0.2, 0.25) is 0 Å². The van der Waals surface area contributed by atoms with Gasteiger partial charge < -0.3 is 10.4 Å². The molecule has 2 heteroatoms. The molecule has 2 aromatic carbocycles. The molecular formula is C18H25NO. The molecule has 0 heterocycles. The van der Waals surface area contributed by atoms with Gasteiger partial charge in [-0.05, 0) is 40.7 Å². The molecular weight excluding hydrogens is 246 g/mol. The van der Waals surface area contributed by atoms with Crippen molar-refractivity contribution in [2.75, 3.05) is 13.2 Å². The fraction of sp³-hybridized carbons (Fsp3) is 0.444. The minimum atomic E-state index is 0.236. The molecule has 0 amide bonds. The van der Waals surface area contributed by atoms with Crippen molar-refractivity contribution in [1.29, 1.82) is 0 Å². The van der Waals surface area contributed by atoms with E-state index in [1.54, 1.807) is 0 Å². The summed E-state index contributed by atoms with van der Waals surface area (Å²) >= 11 is 0. The van der Waals surface area contributed by atoms with Crippen molar-refractivity contribution >= 4 is 10.8 Å². The van der Waals surface area contributed by atoms with Crippen LogP contribution in [-0.2, 0) is 6.54 Å². The fourth-order valence-electron chi connectivity index (χ4n) is 2.54. The summed E-state index contributed by atoms with van der Waals surface area (Å²) < 4.78 is 0. The third kappa shape index (κ3) is 4.32. The molecule has 0 aliphatic rings. The van der Waals surface area contributed by atoms with E-state index in [4.69, 9.17) is 5.11 Å². The third-order valence-corrected chi connectivity index (χ3v) is 3.76. The minimum Gasteiger partial charge on any atom is -0.396 e. The average molecular weight is 271 g/mol. The lowest BCUT2D eigenvalue weighted by atomic mass is 9.88. The molecule has 2 N–H and O–H groups in total. The Balaban J connectivity index is 1.89. The molecule has 0 spiro atoms. The fourth-order valence-corrected chi connectivity index (χ4v) is 2.54. The Morgan fingerprint density at radius 1 is 1.05 bits per heavy atom. The highest BCUT2D eigenvalue weighted by Gasteiger charge is 2.16. The Morgan fingerprint density at radius 2 is 1.80 bits per heavy atom. The summed E-state index contributed by atoms with van der Waals surface area (Å²) in [6.45, 7) is 6.65. The summed E-state index contributed by atoms with van der Waals surface area (Å²) in [6.07, 6.45) is 1.93. The first-order chi connectivity index (χ1) is 9.61.